The van der Waals surface area contributed by atoms with E-state index < -0.39 is 11.9 Å². The first-order valence-corrected chi connectivity index (χ1v) is 8.84. The summed E-state index contributed by atoms with van der Waals surface area (Å²) in [6.45, 7) is 0. The number of methoxy groups -OCH3 is 2. The van der Waals surface area contributed by atoms with Crippen molar-refractivity contribution in [3.8, 4) is 0 Å². The molecule has 0 fully saturated rings. The molecule has 1 amide bonds. The third-order valence-electron chi connectivity index (χ3n) is 2.90. The Kier molecular flexibility index (Phi) is 6.14. The second kappa shape index (κ2) is 7.91. The van der Waals surface area contributed by atoms with Crippen molar-refractivity contribution in [2.24, 2.45) is 0 Å². The molecule has 2 rings (SSSR count). The Labute approximate surface area is 158 Å². The summed E-state index contributed by atoms with van der Waals surface area (Å²) in [5.41, 5.74) is 0.539. The molecule has 0 aliphatic heterocycles. The number of benzene rings is 1. The number of hydrogen-bond donors (Lipinski definition) is 1. The molecule has 1 heterocycles. The number of anilines is 1. The largest absolute Gasteiger partial charge is 0.465 e. The van der Waals surface area contributed by atoms with Crippen molar-refractivity contribution >= 4 is 66.7 Å². The van der Waals surface area contributed by atoms with Crippen molar-refractivity contribution in [1.29, 1.82) is 0 Å². The number of nitrogens with one attached hydrogen (secondary N) is 1. The Morgan fingerprint density at radius 3 is 1.92 bits per heavy atom. The van der Waals surface area contributed by atoms with E-state index in [1.165, 1.54) is 43.8 Å². The van der Waals surface area contributed by atoms with E-state index in [1.807, 2.05) is 0 Å². The van der Waals surface area contributed by atoms with Gasteiger partial charge in [-0.3, -0.25) is 4.79 Å². The number of thiophene rings is 1. The predicted molar refractivity (Wildman–Crippen MR) is 96.8 cm³/mol. The van der Waals surface area contributed by atoms with E-state index in [2.05, 4.69) is 46.7 Å². The van der Waals surface area contributed by atoms with Crippen LogP contribution in [0.5, 0.6) is 0 Å². The van der Waals surface area contributed by atoms with Gasteiger partial charge in [-0.25, -0.2) is 9.59 Å². The number of carbonyl (C=O) groups excluding carboxylic acids is 3. The molecule has 0 atom stereocenters. The van der Waals surface area contributed by atoms with Crippen molar-refractivity contribution in [2.75, 3.05) is 19.5 Å². The normalized spacial score (nSPS) is 10.2. The van der Waals surface area contributed by atoms with E-state index in [9.17, 15) is 14.4 Å². The second-order valence-electron chi connectivity index (χ2n) is 4.47. The van der Waals surface area contributed by atoms with Crippen molar-refractivity contribution in [1.82, 2.24) is 0 Å². The first-order chi connectivity index (χ1) is 11.3. The number of amides is 1. The average Bonchev–Trinajstić information content (AvgIpc) is 2.92. The van der Waals surface area contributed by atoms with Crippen LogP contribution in [0.4, 0.5) is 5.69 Å². The van der Waals surface area contributed by atoms with Gasteiger partial charge in [-0.15, -0.1) is 11.3 Å². The molecule has 1 aromatic carbocycles. The first kappa shape index (κ1) is 18.6. The molecule has 1 N–H and O–H groups in total. The van der Waals surface area contributed by atoms with Crippen molar-refractivity contribution in [2.45, 2.75) is 0 Å². The quantitative estimate of drug-likeness (QED) is 0.672. The van der Waals surface area contributed by atoms with Gasteiger partial charge in [0.25, 0.3) is 5.91 Å². The Balaban J connectivity index is 2.36. The fourth-order valence-corrected chi connectivity index (χ4v) is 3.75. The molecule has 9 heteroatoms. The molecule has 1 aromatic heterocycles. The van der Waals surface area contributed by atoms with Gasteiger partial charge in [0.05, 0.1) is 34.0 Å². The van der Waals surface area contributed by atoms with Crippen LogP contribution in [0.15, 0.2) is 32.5 Å². The highest BCUT2D eigenvalue weighted by Crippen LogP contribution is 2.32. The number of hydrogen-bond acceptors (Lipinski definition) is 6. The summed E-state index contributed by atoms with van der Waals surface area (Å²) in [5.74, 6) is -1.63. The predicted octanol–water partition coefficient (Wildman–Crippen LogP) is 4.10. The Hall–Kier alpha value is -1.71. The summed E-state index contributed by atoms with van der Waals surface area (Å²) in [7, 11) is 2.46. The summed E-state index contributed by atoms with van der Waals surface area (Å²) in [4.78, 5) is 36.2. The summed E-state index contributed by atoms with van der Waals surface area (Å²) in [5, 5.41) is 2.65. The highest BCUT2D eigenvalue weighted by atomic mass is 79.9. The van der Waals surface area contributed by atoms with Crippen LogP contribution in [-0.2, 0) is 9.47 Å². The van der Waals surface area contributed by atoms with Gasteiger partial charge in [-0.05, 0) is 56.1 Å². The minimum atomic E-state index is -0.627. The monoisotopic (exact) mass is 475 g/mol. The summed E-state index contributed by atoms with van der Waals surface area (Å²) in [6, 6.07) is 5.85. The lowest BCUT2D eigenvalue weighted by molar-refractivity contribution is 0.0599. The highest BCUT2D eigenvalue weighted by Gasteiger charge is 2.17. The molecule has 24 heavy (non-hydrogen) atoms. The molecule has 0 saturated heterocycles. The van der Waals surface area contributed by atoms with Crippen molar-refractivity contribution < 1.29 is 23.9 Å². The van der Waals surface area contributed by atoms with Gasteiger partial charge < -0.3 is 14.8 Å². The molecule has 6 nitrogen and oxygen atoms in total. The lowest BCUT2D eigenvalue weighted by Crippen LogP contribution is -2.13. The number of carbonyl (C=O) groups is 3. The second-order valence-corrected chi connectivity index (χ2v) is 7.69. The fraction of sp³-hybridized carbons (Fsp3) is 0.133. The Morgan fingerprint density at radius 2 is 1.50 bits per heavy atom. The van der Waals surface area contributed by atoms with Gasteiger partial charge in [-0.1, -0.05) is 0 Å². The van der Waals surface area contributed by atoms with E-state index in [4.69, 9.17) is 0 Å². The lowest BCUT2D eigenvalue weighted by atomic mass is 10.1. The number of ether oxygens (including phenoxy) is 2. The van der Waals surface area contributed by atoms with E-state index >= 15 is 0 Å². The fourth-order valence-electron chi connectivity index (χ4n) is 1.82. The zero-order valence-corrected chi connectivity index (χ0v) is 16.5. The minimum absolute atomic E-state index is 0.129. The van der Waals surface area contributed by atoms with Gasteiger partial charge >= 0.3 is 11.9 Å². The topological polar surface area (TPSA) is 81.7 Å². The number of esters is 2. The zero-order valence-electron chi connectivity index (χ0n) is 12.5. The highest BCUT2D eigenvalue weighted by molar-refractivity contribution is 9.13. The van der Waals surface area contributed by atoms with Crippen LogP contribution in [0.1, 0.15) is 30.4 Å². The Morgan fingerprint density at radius 1 is 0.958 bits per heavy atom. The van der Waals surface area contributed by atoms with E-state index in [0.29, 0.717) is 4.88 Å². The van der Waals surface area contributed by atoms with Crippen LogP contribution >= 0.6 is 43.2 Å². The number of halogens is 2. The number of rotatable bonds is 4. The molecule has 126 valence electrons. The van der Waals surface area contributed by atoms with Gasteiger partial charge in [0.1, 0.15) is 0 Å². The van der Waals surface area contributed by atoms with E-state index in [0.717, 1.165) is 8.26 Å². The molecule has 0 unspecified atom stereocenters. The van der Waals surface area contributed by atoms with Gasteiger partial charge in [0.2, 0.25) is 0 Å². The summed E-state index contributed by atoms with van der Waals surface area (Å²) < 4.78 is 10.9. The van der Waals surface area contributed by atoms with Gasteiger partial charge in [0, 0.05) is 10.2 Å². The maximum atomic E-state index is 12.3. The molecule has 0 spiro atoms. The molecule has 0 saturated carbocycles. The van der Waals surface area contributed by atoms with Crippen LogP contribution in [0.2, 0.25) is 0 Å². The zero-order chi connectivity index (χ0) is 17.9. The SMILES string of the molecule is COC(=O)c1cc(NC(=O)c2cc(Br)c(Br)s2)cc(C(=O)OC)c1. The summed E-state index contributed by atoms with van der Waals surface area (Å²) >= 11 is 7.88. The van der Waals surface area contributed by atoms with Crippen LogP contribution in [0, 0.1) is 0 Å². The Bertz CT molecular complexity index is 764. The smallest absolute Gasteiger partial charge is 0.337 e. The average molecular weight is 477 g/mol. The van der Waals surface area contributed by atoms with Crippen LogP contribution < -0.4 is 5.32 Å². The molecule has 0 radical (unpaired) electrons. The molecule has 0 aliphatic carbocycles. The molecule has 2 aromatic rings. The third kappa shape index (κ3) is 4.22. The molecular weight excluding hydrogens is 466 g/mol. The lowest BCUT2D eigenvalue weighted by Gasteiger charge is -2.09. The minimum Gasteiger partial charge on any atom is -0.465 e. The van der Waals surface area contributed by atoms with Crippen LogP contribution in [0.25, 0.3) is 0 Å². The molecule has 0 bridgehead atoms. The molecular formula is C15H11Br2NO5S. The maximum absolute atomic E-state index is 12.3. The standard InChI is InChI=1S/C15H11Br2NO5S/c1-22-14(20)7-3-8(15(21)23-2)5-9(4-7)18-13(19)11-6-10(16)12(17)24-11/h3-6H,1-2H3,(H,18,19). The van der Waals surface area contributed by atoms with Crippen LogP contribution in [0.3, 0.4) is 0 Å². The van der Waals surface area contributed by atoms with Crippen molar-refractivity contribution in [3.63, 3.8) is 0 Å². The van der Waals surface area contributed by atoms with Crippen LogP contribution in [-0.4, -0.2) is 32.1 Å². The van der Waals surface area contributed by atoms with Gasteiger partial charge in [0.15, 0.2) is 0 Å². The van der Waals surface area contributed by atoms with E-state index in [1.54, 1.807) is 6.07 Å². The summed E-state index contributed by atoms with van der Waals surface area (Å²) in [6.07, 6.45) is 0. The van der Waals surface area contributed by atoms with Gasteiger partial charge in [-0.2, -0.15) is 0 Å². The van der Waals surface area contributed by atoms with E-state index in [-0.39, 0.29) is 22.7 Å². The third-order valence-corrected chi connectivity index (χ3v) is 6.16. The van der Waals surface area contributed by atoms with Crippen molar-refractivity contribution in [3.05, 3.63) is 48.5 Å². The maximum Gasteiger partial charge on any atom is 0.337 e. The molecule has 0 aliphatic rings. The first-order valence-electron chi connectivity index (χ1n) is 6.43.